The Morgan fingerprint density at radius 1 is 1.20 bits per heavy atom. The first-order chi connectivity index (χ1) is 9.47. The summed E-state index contributed by atoms with van der Waals surface area (Å²) in [5, 5.41) is 13.1. The minimum absolute atomic E-state index is 0.116. The Bertz CT molecular complexity index is 407. The SMILES string of the molecule is OC(CNC1CCCC(C(F)(F)F)C1)c1ccccc1. The van der Waals surface area contributed by atoms with E-state index < -0.39 is 18.2 Å². The highest BCUT2D eigenvalue weighted by Crippen LogP contribution is 2.37. The number of hydrogen-bond acceptors (Lipinski definition) is 2. The predicted octanol–water partition coefficient (Wildman–Crippen LogP) is 3.43. The first kappa shape index (κ1) is 15.3. The van der Waals surface area contributed by atoms with Gasteiger partial charge in [0.1, 0.15) is 0 Å². The van der Waals surface area contributed by atoms with Crippen molar-refractivity contribution in [1.29, 1.82) is 0 Å². The summed E-state index contributed by atoms with van der Waals surface area (Å²) >= 11 is 0. The average Bonchev–Trinajstić information content (AvgIpc) is 2.45. The Labute approximate surface area is 117 Å². The molecule has 0 saturated heterocycles. The van der Waals surface area contributed by atoms with E-state index in [4.69, 9.17) is 0 Å². The summed E-state index contributed by atoms with van der Waals surface area (Å²) in [6.07, 6.45) is -3.11. The van der Waals surface area contributed by atoms with Crippen LogP contribution in [0.5, 0.6) is 0 Å². The van der Waals surface area contributed by atoms with Gasteiger partial charge in [-0.2, -0.15) is 13.2 Å². The van der Waals surface area contributed by atoms with Gasteiger partial charge in [0.2, 0.25) is 0 Å². The van der Waals surface area contributed by atoms with E-state index >= 15 is 0 Å². The lowest BCUT2D eigenvalue weighted by Crippen LogP contribution is -2.40. The Kier molecular flexibility index (Phi) is 5.05. The molecule has 0 bridgehead atoms. The maximum atomic E-state index is 12.7. The monoisotopic (exact) mass is 287 g/mol. The third-order valence-electron chi connectivity index (χ3n) is 3.92. The molecule has 0 aliphatic heterocycles. The summed E-state index contributed by atoms with van der Waals surface area (Å²) in [5.41, 5.74) is 0.781. The van der Waals surface area contributed by atoms with Crippen molar-refractivity contribution in [2.45, 2.75) is 44.0 Å². The Morgan fingerprint density at radius 3 is 2.55 bits per heavy atom. The lowest BCUT2D eigenvalue weighted by molar-refractivity contribution is -0.183. The Hall–Kier alpha value is -1.07. The molecule has 2 rings (SSSR count). The van der Waals surface area contributed by atoms with Crippen molar-refractivity contribution in [2.24, 2.45) is 5.92 Å². The summed E-state index contributed by atoms with van der Waals surface area (Å²) in [6.45, 7) is 0.291. The summed E-state index contributed by atoms with van der Waals surface area (Å²) in [4.78, 5) is 0. The number of aliphatic hydroxyl groups is 1. The Balaban J connectivity index is 1.82. The minimum atomic E-state index is -4.10. The zero-order valence-corrected chi connectivity index (χ0v) is 11.2. The second-order valence-electron chi connectivity index (χ2n) is 5.44. The van der Waals surface area contributed by atoms with Crippen LogP contribution in [0, 0.1) is 5.92 Å². The maximum absolute atomic E-state index is 12.7. The van der Waals surface area contributed by atoms with Crippen LogP contribution in [0.15, 0.2) is 30.3 Å². The number of rotatable bonds is 4. The molecule has 0 amide bonds. The van der Waals surface area contributed by atoms with Crippen LogP contribution < -0.4 is 5.32 Å². The lowest BCUT2D eigenvalue weighted by Gasteiger charge is -2.31. The molecule has 1 aliphatic carbocycles. The van der Waals surface area contributed by atoms with Gasteiger partial charge in [-0.05, 0) is 24.8 Å². The van der Waals surface area contributed by atoms with Gasteiger partial charge in [0.05, 0.1) is 12.0 Å². The molecule has 1 saturated carbocycles. The quantitative estimate of drug-likeness (QED) is 0.889. The highest BCUT2D eigenvalue weighted by molar-refractivity contribution is 5.17. The van der Waals surface area contributed by atoms with Crippen LogP contribution in [0.3, 0.4) is 0 Å². The molecule has 1 aromatic rings. The second kappa shape index (κ2) is 6.59. The Morgan fingerprint density at radius 2 is 1.90 bits per heavy atom. The van der Waals surface area contributed by atoms with Gasteiger partial charge >= 0.3 is 6.18 Å². The van der Waals surface area contributed by atoms with Gasteiger partial charge in [0.15, 0.2) is 0 Å². The van der Waals surface area contributed by atoms with Gasteiger partial charge in [-0.3, -0.25) is 0 Å². The smallest absolute Gasteiger partial charge is 0.387 e. The summed E-state index contributed by atoms with van der Waals surface area (Å²) in [7, 11) is 0. The van der Waals surface area contributed by atoms with Gasteiger partial charge in [0, 0.05) is 12.6 Å². The molecule has 2 N–H and O–H groups in total. The third kappa shape index (κ3) is 4.21. The zero-order chi connectivity index (χ0) is 14.6. The molecule has 3 unspecified atom stereocenters. The number of hydrogen-bond donors (Lipinski definition) is 2. The third-order valence-corrected chi connectivity index (χ3v) is 3.92. The molecule has 1 aromatic carbocycles. The van der Waals surface area contributed by atoms with E-state index in [0.717, 1.165) is 12.0 Å². The molecule has 1 aliphatic rings. The van der Waals surface area contributed by atoms with Crippen molar-refractivity contribution in [2.75, 3.05) is 6.54 Å². The van der Waals surface area contributed by atoms with Crippen LogP contribution in [0.1, 0.15) is 37.4 Å². The molecular formula is C15H20F3NO. The first-order valence-corrected chi connectivity index (χ1v) is 7.00. The zero-order valence-electron chi connectivity index (χ0n) is 11.2. The largest absolute Gasteiger partial charge is 0.391 e. The molecular weight excluding hydrogens is 267 g/mol. The van der Waals surface area contributed by atoms with Crippen molar-refractivity contribution >= 4 is 0 Å². The van der Waals surface area contributed by atoms with Crippen LogP contribution in [0.25, 0.3) is 0 Å². The van der Waals surface area contributed by atoms with Crippen molar-refractivity contribution in [3.8, 4) is 0 Å². The molecule has 20 heavy (non-hydrogen) atoms. The molecule has 0 radical (unpaired) electrons. The fraction of sp³-hybridized carbons (Fsp3) is 0.600. The number of benzene rings is 1. The van der Waals surface area contributed by atoms with E-state index in [9.17, 15) is 18.3 Å². The van der Waals surface area contributed by atoms with Gasteiger partial charge in [-0.25, -0.2) is 0 Å². The van der Waals surface area contributed by atoms with Crippen molar-refractivity contribution in [3.63, 3.8) is 0 Å². The number of aliphatic hydroxyl groups excluding tert-OH is 1. The lowest BCUT2D eigenvalue weighted by atomic mass is 9.85. The summed E-state index contributed by atoms with van der Waals surface area (Å²) in [5.74, 6) is -1.21. The van der Waals surface area contributed by atoms with Crippen LogP contribution in [-0.2, 0) is 0 Å². The van der Waals surface area contributed by atoms with E-state index in [1.54, 1.807) is 0 Å². The van der Waals surface area contributed by atoms with Crippen LogP contribution in [0.4, 0.5) is 13.2 Å². The number of nitrogens with one attached hydrogen (secondary N) is 1. The molecule has 0 heterocycles. The van der Waals surface area contributed by atoms with Gasteiger partial charge in [0.25, 0.3) is 0 Å². The van der Waals surface area contributed by atoms with Crippen molar-refractivity contribution in [1.82, 2.24) is 5.32 Å². The van der Waals surface area contributed by atoms with Gasteiger partial charge < -0.3 is 10.4 Å². The van der Waals surface area contributed by atoms with E-state index in [1.807, 2.05) is 30.3 Å². The molecule has 1 fully saturated rings. The van der Waals surface area contributed by atoms with E-state index in [-0.39, 0.29) is 18.9 Å². The maximum Gasteiger partial charge on any atom is 0.391 e. The number of halogens is 3. The summed E-state index contributed by atoms with van der Waals surface area (Å²) in [6, 6.07) is 8.99. The minimum Gasteiger partial charge on any atom is -0.387 e. The molecule has 0 spiro atoms. The topological polar surface area (TPSA) is 32.3 Å². The van der Waals surface area contributed by atoms with E-state index in [2.05, 4.69) is 5.32 Å². The van der Waals surface area contributed by atoms with Crippen LogP contribution in [-0.4, -0.2) is 23.9 Å². The molecule has 2 nitrogen and oxygen atoms in total. The average molecular weight is 287 g/mol. The summed E-state index contributed by atoms with van der Waals surface area (Å²) < 4.78 is 38.1. The highest BCUT2D eigenvalue weighted by atomic mass is 19.4. The fourth-order valence-corrected chi connectivity index (χ4v) is 2.74. The van der Waals surface area contributed by atoms with Crippen LogP contribution in [0.2, 0.25) is 0 Å². The van der Waals surface area contributed by atoms with E-state index in [1.165, 1.54) is 0 Å². The van der Waals surface area contributed by atoms with Crippen molar-refractivity contribution < 1.29 is 18.3 Å². The first-order valence-electron chi connectivity index (χ1n) is 7.00. The normalized spacial score (nSPS) is 25.4. The van der Waals surface area contributed by atoms with Gasteiger partial charge in [-0.15, -0.1) is 0 Å². The highest BCUT2D eigenvalue weighted by Gasteiger charge is 2.42. The van der Waals surface area contributed by atoms with E-state index in [0.29, 0.717) is 13.0 Å². The molecule has 5 heteroatoms. The van der Waals surface area contributed by atoms with Crippen LogP contribution >= 0.6 is 0 Å². The van der Waals surface area contributed by atoms with Gasteiger partial charge in [-0.1, -0.05) is 36.8 Å². The number of alkyl halides is 3. The molecule has 3 atom stereocenters. The second-order valence-corrected chi connectivity index (χ2v) is 5.44. The standard InChI is InChI=1S/C15H20F3NO/c16-15(17,18)12-7-4-8-13(9-12)19-10-14(20)11-5-2-1-3-6-11/h1-3,5-6,12-14,19-20H,4,7-10H2. The fourth-order valence-electron chi connectivity index (χ4n) is 2.74. The molecule has 0 aromatic heterocycles. The molecule has 112 valence electrons. The van der Waals surface area contributed by atoms with Crippen molar-refractivity contribution in [3.05, 3.63) is 35.9 Å². The predicted molar refractivity (Wildman–Crippen MR) is 71.2 cm³/mol.